The third kappa shape index (κ3) is 3.24. The SMILES string of the molecule is CSc1ncc(Cl)c(C(=O)NC(C)c2ncc[nH]2)n1. The van der Waals surface area contributed by atoms with Crippen LogP contribution in [0.4, 0.5) is 0 Å². The van der Waals surface area contributed by atoms with Gasteiger partial charge < -0.3 is 10.3 Å². The summed E-state index contributed by atoms with van der Waals surface area (Å²) in [6.45, 7) is 1.82. The van der Waals surface area contributed by atoms with E-state index in [-0.39, 0.29) is 22.7 Å². The number of thioether (sulfide) groups is 1. The van der Waals surface area contributed by atoms with Gasteiger partial charge in [-0.1, -0.05) is 23.4 Å². The molecule has 2 heterocycles. The highest BCUT2D eigenvalue weighted by molar-refractivity contribution is 7.98. The van der Waals surface area contributed by atoms with Gasteiger partial charge in [0, 0.05) is 12.4 Å². The maximum Gasteiger partial charge on any atom is 0.272 e. The number of hydrogen-bond acceptors (Lipinski definition) is 5. The highest BCUT2D eigenvalue weighted by atomic mass is 35.5. The van der Waals surface area contributed by atoms with Crippen molar-refractivity contribution in [1.29, 1.82) is 0 Å². The maximum absolute atomic E-state index is 12.1. The second-order valence-electron chi connectivity index (χ2n) is 3.72. The van der Waals surface area contributed by atoms with Crippen LogP contribution in [0.15, 0.2) is 23.7 Å². The van der Waals surface area contributed by atoms with Crippen molar-refractivity contribution in [3.8, 4) is 0 Å². The number of carbonyl (C=O) groups is 1. The highest BCUT2D eigenvalue weighted by Crippen LogP contribution is 2.17. The van der Waals surface area contributed by atoms with Crippen LogP contribution in [-0.2, 0) is 0 Å². The molecule has 0 aliphatic rings. The van der Waals surface area contributed by atoms with Gasteiger partial charge in [0.2, 0.25) is 0 Å². The zero-order valence-electron chi connectivity index (χ0n) is 10.3. The summed E-state index contributed by atoms with van der Waals surface area (Å²) >= 11 is 7.28. The lowest BCUT2D eigenvalue weighted by atomic mass is 10.3. The van der Waals surface area contributed by atoms with Gasteiger partial charge in [-0.3, -0.25) is 4.79 Å². The van der Waals surface area contributed by atoms with E-state index in [4.69, 9.17) is 11.6 Å². The third-order valence-corrected chi connectivity index (χ3v) is 3.24. The van der Waals surface area contributed by atoms with Crippen LogP contribution in [0.3, 0.4) is 0 Å². The quantitative estimate of drug-likeness (QED) is 0.667. The number of H-pyrrole nitrogens is 1. The van der Waals surface area contributed by atoms with Crippen molar-refractivity contribution in [3.63, 3.8) is 0 Å². The van der Waals surface area contributed by atoms with Gasteiger partial charge in [-0.25, -0.2) is 15.0 Å². The second kappa shape index (κ2) is 6.03. The molecule has 19 heavy (non-hydrogen) atoms. The Kier molecular flexibility index (Phi) is 4.39. The molecular formula is C11H12ClN5OS. The number of aromatic amines is 1. The summed E-state index contributed by atoms with van der Waals surface area (Å²) in [6, 6.07) is -0.258. The van der Waals surface area contributed by atoms with E-state index in [1.807, 2.05) is 13.2 Å². The van der Waals surface area contributed by atoms with Gasteiger partial charge in [0.05, 0.1) is 17.3 Å². The van der Waals surface area contributed by atoms with Crippen LogP contribution in [0.2, 0.25) is 5.02 Å². The standard InChI is InChI=1S/C11H12ClN5OS/c1-6(9-13-3-4-14-9)16-10(18)8-7(12)5-15-11(17-8)19-2/h3-6H,1-2H3,(H,13,14)(H,16,18). The Labute approximate surface area is 119 Å². The molecule has 0 radical (unpaired) electrons. The molecule has 1 amide bonds. The molecule has 2 N–H and O–H groups in total. The number of aromatic nitrogens is 4. The summed E-state index contributed by atoms with van der Waals surface area (Å²) in [5.74, 6) is 0.315. The van der Waals surface area contributed by atoms with Crippen LogP contribution in [-0.4, -0.2) is 32.1 Å². The number of nitrogens with one attached hydrogen (secondary N) is 2. The van der Waals surface area contributed by atoms with E-state index in [0.29, 0.717) is 11.0 Å². The van der Waals surface area contributed by atoms with Crippen LogP contribution in [0, 0.1) is 0 Å². The first-order chi connectivity index (χ1) is 9.11. The van der Waals surface area contributed by atoms with Crippen molar-refractivity contribution in [2.75, 3.05) is 6.26 Å². The van der Waals surface area contributed by atoms with Crippen LogP contribution in [0.5, 0.6) is 0 Å². The molecule has 0 saturated carbocycles. The van der Waals surface area contributed by atoms with E-state index >= 15 is 0 Å². The fourth-order valence-electron chi connectivity index (χ4n) is 1.46. The van der Waals surface area contributed by atoms with Gasteiger partial charge in [-0.05, 0) is 13.2 Å². The van der Waals surface area contributed by atoms with E-state index in [9.17, 15) is 4.79 Å². The Bertz CT molecular complexity index is 574. The van der Waals surface area contributed by atoms with Crippen LogP contribution in [0.25, 0.3) is 0 Å². The molecule has 0 saturated heterocycles. The van der Waals surface area contributed by atoms with Gasteiger partial charge in [-0.2, -0.15) is 0 Å². The first-order valence-electron chi connectivity index (χ1n) is 5.48. The molecule has 6 nitrogen and oxygen atoms in total. The van der Waals surface area contributed by atoms with Gasteiger partial charge >= 0.3 is 0 Å². The number of amides is 1. The summed E-state index contributed by atoms with van der Waals surface area (Å²) in [7, 11) is 0. The van der Waals surface area contributed by atoms with Crippen molar-refractivity contribution in [1.82, 2.24) is 25.3 Å². The zero-order valence-corrected chi connectivity index (χ0v) is 11.9. The molecule has 0 bridgehead atoms. The summed E-state index contributed by atoms with van der Waals surface area (Å²) in [5.41, 5.74) is 0.166. The minimum atomic E-state index is -0.355. The smallest absolute Gasteiger partial charge is 0.272 e. The second-order valence-corrected chi connectivity index (χ2v) is 4.90. The largest absolute Gasteiger partial charge is 0.347 e. The van der Waals surface area contributed by atoms with Crippen LogP contribution < -0.4 is 5.32 Å². The summed E-state index contributed by atoms with van der Waals surface area (Å²) in [5, 5.41) is 3.50. The predicted molar refractivity (Wildman–Crippen MR) is 73.3 cm³/mol. The molecule has 0 fully saturated rings. The van der Waals surface area contributed by atoms with Gasteiger partial charge in [0.1, 0.15) is 5.82 Å². The van der Waals surface area contributed by atoms with E-state index in [1.54, 1.807) is 12.4 Å². The molecule has 0 aliphatic heterocycles. The van der Waals surface area contributed by atoms with Crippen molar-refractivity contribution >= 4 is 29.3 Å². The number of carbonyl (C=O) groups excluding carboxylic acids is 1. The lowest BCUT2D eigenvalue weighted by Crippen LogP contribution is -2.28. The molecule has 0 spiro atoms. The minimum absolute atomic E-state index is 0.166. The Balaban J connectivity index is 2.16. The van der Waals surface area contributed by atoms with E-state index in [0.717, 1.165) is 0 Å². The molecule has 0 aliphatic carbocycles. The topological polar surface area (TPSA) is 83.6 Å². The minimum Gasteiger partial charge on any atom is -0.347 e. The number of nitrogens with zero attached hydrogens (tertiary/aromatic N) is 3. The summed E-state index contributed by atoms with van der Waals surface area (Å²) < 4.78 is 0. The number of rotatable bonds is 4. The Hall–Kier alpha value is -1.60. The highest BCUT2D eigenvalue weighted by Gasteiger charge is 2.17. The Morgan fingerprint density at radius 2 is 2.32 bits per heavy atom. The molecule has 2 aromatic rings. The first kappa shape index (κ1) is 13.8. The number of imidazole rings is 1. The number of halogens is 1. The maximum atomic E-state index is 12.1. The van der Waals surface area contributed by atoms with Gasteiger partial charge in [0.15, 0.2) is 10.9 Å². The fourth-order valence-corrected chi connectivity index (χ4v) is 1.97. The van der Waals surface area contributed by atoms with Crippen molar-refractivity contribution in [2.24, 2.45) is 0 Å². The summed E-state index contributed by atoms with van der Waals surface area (Å²) in [6.07, 6.45) is 6.58. The fraction of sp³-hybridized carbons (Fsp3) is 0.273. The molecule has 1 atom stereocenters. The first-order valence-corrected chi connectivity index (χ1v) is 7.08. The molecule has 8 heteroatoms. The van der Waals surface area contributed by atoms with Gasteiger partial charge in [-0.15, -0.1) is 0 Å². The average molecular weight is 298 g/mol. The third-order valence-electron chi connectivity index (χ3n) is 2.40. The number of hydrogen-bond donors (Lipinski definition) is 2. The molecular weight excluding hydrogens is 286 g/mol. The zero-order chi connectivity index (χ0) is 13.8. The van der Waals surface area contributed by atoms with E-state index in [1.165, 1.54) is 18.0 Å². The Morgan fingerprint density at radius 1 is 1.53 bits per heavy atom. The van der Waals surface area contributed by atoms with Crippen molar-refractivity contribution in [3.05, 3.63) is 35.1 Å². The monoisotopic (exact) mass is 297 g/mol. The van der Waals surface area contributed by atoms with Crippen molar-refractivity contribution in [2.45, 2.75) is 18.1 Å². The normalized spacial score (nSPS) is 12.2. The van der Waals surface area contributed by atoms with E-state index in [2.05, 4.69) is 25.3 Å². The van der Waals surface area contributed by atoms with Crippen molar-refractivity contribution < 1.29 is 4.79 Å². The predicted octanol–water partition coefficient (Wildman–Crippen LogP) is 2.07. The molecule has 100 valence electrons. The van der Waals surface area contributed by atoms with Gasteiger partial charge in [0.25, 0.3) is 5.91 Å². The molecule has 2 aromatic heterocycles. The lowest BCUT2D eigenvalue weighted by Gasteiger charge is -2.11. The van der Waals surface area contributed by atoms with Crippen LogP contribution >= 0.6 is 23.4 Å². The molecule has 2 rings (SSSR count). The average Bonchev–Trinajstić information content (AvgIpc) is 2.93. The summed E-state index contributed by atoms with van der Waals surface area (Å²) in [4.78, 5) is 27.2. The molecule has 0 aromatic carbocycles. The molecule has 1 unspecified atom stereocenters. The van der Waals surface area contributed by atoms with Crippen LogP contribution in [0.1, 0.15) is 29.3 Å². The lowest BCUT2D eigenvalue weighted by molar-refractivity contribution is 0.0932. The Morgan fingerprint density at radius 3 is 2.95 bits per heavy atom. The van der Waals surface area contributed by atoms with E-state index < -0.39 is 0 Å².